The van der Waals surface area contributed by atoms with Crippen molar-refractivity contribution in [1.29, 1.82) is 0 Å². The van der Waals surface area contributed by atoms with E-state index < -0.39 is 0 Å². The number of H-pyrrole nitrogens is 1. The molecule has 0 saturated carbocycles. The Balaban J connectivity index is 1.50. The maximum absolute atomic E-state index is 12.5. The van der Waals surface area contributed by atoms with Gasteiger partial charge in [0.05, 0.1) is 0 Å². The highest BCUT2D eigenvalue weighted by Gasteiger charge is 2.10. The zero-order valence-electron chi connectivity index (χ0n) is 15.2. The summed E-state index contributed by atoms with van der Waals surface area (Å²) in [5.74, 6) is 0.455. The highest BCUT2D eigenvalue weighted by atomic mass is 16.1. The highest BCUT2D eigenvalue weighted by molar-refractivity contribution is 5.94. The molecular weight excluding hydrogens is 340 g/mol. The molecule has 0 saturated heterocycles. The van der Waals surface area contributed by atoms with E-state index in [0.717, 1.165) is 17.5 Å². The predicted molar refractivity (Wildman–Crippen MR) is 103 cm³/mol. The minimum atomic E-state index is -0.146. The fourth-order valence-electron chi connectivity index (χ4n) is 3.20. The number of amides is 1. The Kier molecular flexibility index (Phi) is 4.42. The van der Waals surface area contributed by atoms with Gasteiger partial charge in [-0.25, -0.2) is 4.98 Å². The molecule has 0 aliphatic rings. The van der Waals surface area contributed by atoms with Crippen LogP contribution in [0.3, 0.4) is 0 Å². The van der Waals surface area contributed by atoms with Crippen molar-refractivity contribution in [2.45, 2.75) is 26.8 Å². The molecular formula is C20H20N6O. The number of aromatic nitrogens is 5. The van der Waals surface area contributed by atoms with Crippen molar-refractivity contribution >= 4 is 16.8 Å². The van der Waals surface area contributed by atoms with Crippen molar-refractivity contribution in [1.82, 2.24) is 30.0 Å². The minimum absolute atomic E-state index is 0.146. The second kappa shape index (κ2) is 7.03. The maximum atomic E-state index is 12.5. The van der Waals surface area contributed by atoms with Crippen molar-refractivity contribution < 1.29 is 4.79 Å². The van der Waals surface area contributed by atoms with Crippen LogP contribution in [0.5, 0.6) is 0 Å². The van der Waals surface area contributed by atoms with Crippen molar-refractivity contribution in [3.8, 4) is 5.82 Å². The van der Waals surface area contributed by atoms with Gasteiger partial charge in [0.2, 0.25) is 0 Å². The van der Waals surface area contributed by atoms with Gasteiger partial charge < -0.3 is 10.3 Å². The first-order valence-electron chi connectivity index (χ1n) is 8.85. The molecule has 0 fully saturated rings. The van der Waals surface area contributed by atoms with E-state index in [2.05, 4.69) is 51.5 Å². The number of rotatable bonds is 5. The first kappa shape index (κ1) is 17.0. The summed E-state index contributed by atoms with van der Waals surface area (Å²) in [5.41, 5.74) is 5.26. The van der Waals surface area contributed by atoms with Gasteiger partial charge in [-0.3, -0.25) is 9.36 Å². The number of nitrogens with zero attached hydrogens (tertiary/aromatic N) is 4. The number of fused-ring (bicyclic) bond motifs is 1. The summed E-state index contributed by atoms with van der Waals surface area (Å²) in [4.78, 5) is 20.2. The molecule has 3 aromatic heterocycles. The van der Waals surface area contributed by atoms with Gasteiger partial charge in [-0.1, -0.05) is 13.0 Å². The first-order valence-corrected chi connectivity index (χ1v) is 8.85. The lowest BCUT2D eigenvalue weighted by Gasteiger charge is -2.07. The molecule has 0 atom stereocenters. The Morgan fingerprint density at radius 1 is 1.19 bits per heavy atom. The Morgan fingerprint density at radius 2 is 2.00 bits per heavy atom. The lowest BCUT2D eigenvalue weighted by Crippen LogP contribution is -2.23. The van der Waals surface area contributed by atoms with Crippen LogP contribution >= 0.6 is 0 Å². The van der Waals surface area contributed by atoms with Crippen molar-refractivity contribution in [3.05, 3.63) is 71.6 Å². The third-order valence-corrected chi connectivity index (χ3v) is 4.72. The molecule has 1 amide bonds. The molecule has 7 nitrogen and oxygen atoms in total. The number of nitrogens with one attached hydrogen (secondary N) is 2. The summed E-state index contributed by atoms with van der Waals surface area (Å²) in [5, 5.41) is 11.7. The van der Waals surface area contributed by atoms with Crippen LogP contribution in [0.1, 0.15) is 34.1 Å². The highest BCUT2D eigenvalue weighted by Crippen LogP contribution is 2.23. The minimum Gasteiger partial charge on any atom is -0.358 e. The van der Waals surface area contributed by atoms with Crippen LogP contribution < -0.4 is 5.32 Å². The van der Waals surface area contributed by atoms with Gasteiger partial charge in [0.25, 0.3) is 5.91 Å². The van der Waals surface area contributed by atoms with E-state index in [1.807, 2.05) is 6.07 Å². The van der Waals surface area contributed by atoms with Crippen LogP contribution in [0, 0.1) is 6.92 Å². The van der Waals surface area contributed by atoms with Gasteiger partial charge in [-0.2, -0.15) is 0 Å². The van der Waals surface area contributed by atoms with Crippen LogP contribution in [0.25, 0.3) is 16.7 Å². The van der Waals surface area contributed by atoms with E-state index in [1.165, 1.54) is 16.6 Å². The Labute approximate surface area is 156 Å². The van der Waals surface area contributed by atoms with Gasteiger partial charge in [0.1, 0.15) is 18.5 Å². The molecule has 0 spiro atoms. The molecule has 4 aromatic rings. The van der Waals surface area contributed by atoms with E-state index in [1.54, 1.807) is 35.6 Å². The monoisotopic (exact) mass is 360 g/mol. The molecule has 7 heteroatoms. The molecule has 1 aromatic carbocycles. The number of hydrogen-bond donors (Lipinski definition) is 2. The number of aromatic amines is 1. The van der Waals surface area contributed by atoms with Crippen LogP contribution in [0.15, 0.2) is 49.2 Å². The molecule has 0 aliphatic carbocycles. The quantitative estimate of drug-likeness (QED) is 0.573. The molecule has 3 heterocycles. The number of aryl methyl sites for hydroxylation is 2. The van der Waals surface area contributed by atoms with Gasteiger partial charge in [-0.05, 0) is 48.7 Å². The molecule has 0 radical (unpaired) electrons. The van der Waals surface area contributed by atoms with Gasteiger partial charge in [0.15, 0.2) is 0 Å². The van der Waals surface area contributed by atoms with Crippen LogP contribution in [0.2, 0.25) is 0 Å². The Hall–Kier alpha value is -3.48. The molecule has 136 valence electrons. The number of carbonyl (C=O) groups excluding carboxylic acids is 1. The van der Waals surface area contributed by atoms with Crippen LogP contribution in [-0.2, 0) is 13.0 Å². The standard InChI is InChI=1S/C20H20N6O/c1-3-17-13(2)16-8-14(4-5-18(16)25-17)10-22-20(27)15-6-7-21-19(9-15)26-11-23-24-12-26/h4-9,11-12,25H,3,10H2,1-2H3,(H,22,27). The normalized spacial score (nSPS) is 11.0. The molecule has 0 aliphatic heterocycles. The lowest BCUT2D eigenvalue weighted by atomic mass is 10.1. The molecule has 0 bridgehead atoms. The summed E-state index contributed by atoms with van der Waals surface area (Å²) in [6.45, 7) is 4.73. The largest absolute Gasteiger partial charge is 0.358 e. The third kappa shape index (κ3) is 3.31. The van der Waals surface area contributed by atoms with E-state index >= 15 is 0 Å². The average Bonchev–Trinajstić information content (AvgIpc) is 3.35. The fourth-order valence-corrected chi connectivity index (χ4v) is 3.20. The average molecular weight is 360 g/mol. The zero-order chi connectivity index (χ0) is 18.8. The topological polar surface area (TPSA) is 88.5 Å². The van der Waals surface area contributed by atoms with Gasteiger partial charge >= 0.3 is 0 Å². The van der Waals surface area contributed by atoms with Crippen LogP contribution in [-0.4, -0.2) is 30.6 Å². The summed E-state index contributed by atoms with van der Waals surface area (Å²) in [6, 6.07) is 9.64. The second-order valence-corrected chi connectivity index (χ2v) is 6.42. The number of benzene rings is 1. The predicted octanol–water partition coefficient (Wildman–Crippen LogP) is 2.94. The van der Waals surface area contributed by atoms with Crippen molar-refractivity contribution in [2.24, 2.45) is 0 Å². The van der Waals surface area contributed by atoms with Gasteiger partial charge in [-0.15, -0.1) is 10.2 Å². The SMILES string of the molecule is CCc1[nH]c2ccc(CNC(=O)c3ccnc(-n4cnnc4)c3)cc2c1C. The summed E-state index contributed by atoms with van der Waals surface area (Å²) in [6.07, 6.45) is 5.67. The lowest BCUT2D eigenvalue weighted by molar-refractivity contribution is 0.0951. The number of pyridine rings is 1. The third-order valence-electron chi connectivity index (χ3n) is 4.72. The van der Waals surface area contributed by atoms with E-state index in [4.69, 9.17) is 0 Å². The van der Waals surface area contributed by atoms with Gasteiger partial charge in [0, 0.05) is 34.9 Å². The van der Waals surface area contributed by atoms with Crippen LogP contribution in [0.4, 0.5) is 0 Å². The Morgan fingerprint density at radius 3 is 2.78 bits per heavy atom. The smallest absolute Gasteiger partial charge is 0.251 e. The maximum Gasteiger partial charge on any atom is 0.251 e. The molecule has 27 heavy (non-hydrogen) atoms. The molecule has 0 unspecified atom stereocenters. The molecule has 2 N–H and O–H groups in total. The van der Waals surface area contributed by atoms with E-state index in [0.29, 0.717) is 17.9 Å². The van der Waals surface area contributed by atoms with E-state index in [-0.39, 0.29) is 5.91 Å². The Bertz CT molecular complexity index is 1100. The van der Waals surface area contributed by atoms with Crippen molar-refractivity contribution in [3.63, 3.8) is 0 Å². The summed E-state index contributed by atoms with van der Waals surface area (Å²) in [7, 11) is 0. The number of hydrogen-bond acceptors (Lipinski definition) is 4. The van der Waals surface area contributed by atoms with E-state index in [9.17, 15) is 4.79 Å². The zero-order valence-corrected chi connectivity index (χ0v) is 15.2. The first-order chi connectivity index (χ1) is 13.2. The fraction of sp³-hybridized carbons (Fsp3) is 0.200. The summed E-state index contributed by atoms with van der Waals surface area (Å²) < 4.78 is 1.66. The van der Waals surface area contributed by atoms with Crippen molar-refractivity contribution in [2.75, 3.05) is 0 Å². The second-order valence-electron chi connectivity index (χ2n) is 6.42. The molecule has 4 rings (SSSR count). The summed E-state index contributed by atoms with van der Waals surface area (Å²) >= 11 is 0. The number of carbonyl (C=O) groups is 1.